The van der Waals surface area contributed by atoms with Crippen molar-refractivity contribution in [3.8, 4) is 5.75 Å². The number of halogens is 5. The Bertz CT molecular complexity index is 380. The standard InChI is InChI=1S/C6HCl5O.C3H3NS/c7-1-2(8)4(10)6(12)5(11)3(1)9;1-2-5-3-4-1/h12H;1-3H. The molecule has 17 heavy (non-hydrogen) atoms. The third-order valence-corrected chi connectivity index (χ3v) is 4.31. The molecule has 0 aliphatic rings. The molecule has 1 aromatic heterocycles. The Hall–Kier alpha value is 0.1000. The summed E-state index contributed by atoms with van der Waals surface area (Å²) in [5.74, 6) is -0.363. The summed E-state index contributed by atoms with van der Waals surface area (Å²) >= 11 is 29.5. The Kier molecular flexibility index (Phi) is 6.13. The minimum Gasteiger partial charge on any atom is -0.505 e. The highest BCUT2D eigenvalue weighted by Crippen LogP contribution is 2.47. The second-order valence-electron chi connectivity index (χ2n) is 2.59. The van der Waals surface area contributed by atoms with Crippen molar-refractivity contribution in [2.45, 2.75) is 0 Å². The Labute approximate surface area is 127 Å². The van der Waals surface area contributed by atoms with Crippen LogP contribution in [0.3, 0.4) is 0 Å². The number of benzene rings is 1. The van der Waals surface area contributed by atoms with E-state index in [0.29, 0.717) is 0 Å². The van der Waals surface area contributed by atoms with Crippen LogP contribution in [0.2, 0.25) is 25.1 Å². The van der Waals surface area contributed by atoms with E-state index in [9.17, 15) is 5.11 Å². The lowest BCUT2D eigenvalue weighted by Gasteiger charge is -2.06. The van der Waals surface area contributed by atoms with E-state index in [1.165, 1.54) is 0 Å². The van der Waals surface area contributed by atoms with Gasteiger partial charge in [-0.3, -0.25) is 4.98 Å². The molecule has 0 bridgehead atoms. The summed E-state index contributed by atoms with van der Waals surface area (Å²) in [4.78, 5) is 3.74. The zero-order valence-corrected chi connectivity index (χ0v) is 12.5. The van der Waals surface area contributed by atoms with Crippen molar-refractivity contribution in [2.24, 2.45) is 0 Å². The summed E-state index contributed by atoms with van der Waals surface area (Å²) in [6, 6.07) is 0. The van der Waals surface area contributed by atoms with Crippen molar-refractivity contribution >= 4 is 69.3 Å². The van der Waals surface area contributed by atoms with Gasteiger partial charge in [0.15, 0.2) is 5.75 Å². The van der Waals surface area contributed by atoms with E-state index < -0.39 is 0 Å². The predicted octanol–water partition coefficient (Wildman–Crippen LogP) is 5.80. The second kappa shape index (κ2) is 6.88. The van der Waals surface area contributed by atoms with Crippen LogP contribution in [0, 0.1) is 0 Å². The highest BCUT2D eigenvalue weighted by atomic mass is 35.5. The molecule has 0 fully saturated rings. The van der Waals surface area contributed by atoms with Gasteiger partial charge in [-0.05, 0) is 0 Å². The van der Waals surface area contributed by atoms with Crippen molar-refractivity contribution in [3.05, 3.63) is 42.2 Å². The maximum Gasteiger partial charge on any atom is 0.155 e. The highest BCUT2D eigenvalue weighted by Gasteiger charge is 2.18. The number of hydrogen-bond donors (Lipinski definition) is 1. The molecular weight excluding hydrogens is 347 g/mol. The molecule has 2 rings (SSSR count). The number of nitrogens with zero attached hydrogens (tertiary/aromatic N) is 1. The minimum absolute atomic E-state index is 0.00904. The van der Waals surface area contributed by atoms with E-state index in [4.69, 9.17) is 58.0 Å². The maximum absolute atomic E-state index is 9.20. The van der Waals surface area contributed by atoms with Gasteiger partial charge in [0.25, 0.3) is 0 Å². The van der Waals surface area contributed by atoms with Crippen LogP contribution in [0.5, 0.6) is 5.75 Å². The van der Waals surface area contributed by atoms with Gasteiger partial charge in [-0.1, -0.05) is 58.0 Å². The number of thiazole rings is 1. The largest absolute Gasteiger partial charge is 0.505 e. The molecule has 1 heterocycles. The number of aromatic hydroxyl groups is 1. The Morgan fingerprint density at radius 3 is 1.65 bits per heavy atom. The highest BCUT2D eigenvalue weighted by molar-refractivity contribution is 7.07. The maximum atomic E-state index is 9.20. The fraction of sp³-hybridized carbons (Fsp3) is 0. The fourth-order valence-corrected chi connectivity index (χ4v) is 2.25. The third-order valence-electron chi connectivity index (χ3n) is 1.53. The van der Waals surface area contributed by atoms with E-state index in [-0.39, 0.29) is 30.9 Å². The minimum atomic E-state index is -0.363. The van der Waals surface area contributed by atoms with Gasteiger partial charge in [0.2, 0.25) is 0 Å². The van der Waals surface area contributed by atoms with Gasteiger partial charge in [0.05, 0.1) is 20.6 Å². The summed E-state index contributed by atoms with van der Waals surface area (Å²) in [6.07, 6.45) is 1.77. The fourth-order valence-electron chi connectivity index (χ4n) is 0.769. The molecule has 0 atom stereocenters. The van der Waals surface area contributed by atoms with Gasteiger partial charge in [-0.15, -0.1) is 11.3 Å². The Balaban J connectivity index is 0.000000239. The molecule has 0 amide bonds. The van der Waals surface area contributed by atoms with Gasteiger partial charge in [0, 0.05) is 11.6 Å². The van der Waals surface area contributed by atoms with Crippen LogP contribution in [-0.2, 0) is 0 Å². The van der Waals surface area contributed by atoms with Crippen LogP contribution in [0.15, 0.2) is 17.1 Å². The van der Waals surface area contributed by atoms with Crippen molar-refractivity contribution < 1.29 is 5.11 Å². The van der Waals surface area contributed by atoms with E-state index in [1.807, 2.05) is 5.38 Å². The van der Waals surface area contributed by atoms with Crippen molar-refractivity contribution in [1.82, 2.24) is 4.98 Å². The van der Waals surface area contributed by atoms with Crippen LogP contribution in [0.25, 0.3) is 0 Å². The molecule has 0 saturated carbocycles. The smallest absolute Gasteiger partial charge is 0.155 e. The molecule has 8 heteroatoms. The number of rotatable bonds is 0. The molecule has 0 radical (unpaired) electrons. The number of aromatic nitrogens is 1. The lowest BCUT2D eigenvalue weighted by molar-refractivity contribution is 0.476. The van der Waals surface area contributed by atoms with Gasteiger partial charge in [0.1, 0.15) is 10.0 Å². The first-order valence-corrected chi connectivity index (χ1v) is 6.82. The normalized spacial score (nSPS) is 9.71. The van der Waals surface area contributed by atoms with E-state index in [0.717, 1.165) is 0 Å². The first-order chi connectivity index (χ1) is 7.96. The zero-order valence-electron chi connectivity index (χ0n) is 7.92. The number of hydrogen-bond acceptors (Lipinski definition) is 3. The average Bonchev–Trinajstić information content (AvgIpc) is 2.90. The molecule has 1 aromatic carbocycles. The molecule has 0 unspecified atom stereocenters. The zero-order chi connectivity index (χ0) is 13.0. The molecule has 0 spiro atoms. The first-order valence-electron chi connectivity index (χ1n) is 3.99. The summed E-state index contributed by atoms with van der Waals surface area (Å²) in [6.45, 7) is 0. The Morgan fingerprint density at radius 1 is 0.882 bits per heavy atom. The summed E-state index contributed by atoms with van der Waals surface area (Å²) < 4.78 is 0. The lowest BCUT2D eigenvalue weighted by Crippen LogP contribution is -1.78. The van der Waals surface area contributed by atoms with Crippen molar-refractivity contribution in [1.29, 1.82) is 0 Å². The molecule has 1 N–H and O–H groups in total. The summed E-state index contributed by atoms with van der Waals surface area (Å²) in [5, 5.41) is 10.9. The van der Waals surface area contributed by atoms with E-state index >= 15 is 0 Å². The van der Waals surface area contributed by atoms with Crippen LogP contribution in [-0.4, -0.2) is 10.1 Å². The first kappa shape index (κ1) is 15.2. The lowest BCUT2D eigenvalue weighted by atomic mass is 10.3. The quantitative estimate of drug-likeness (QED) is 0.480. The van der Waals surface area contributed by atoms with E-state index in [2.05, 4.69) is 4.98 Å². The predicted molar refractivity (Wildman–Crippen MR) is 75.3 cm³/mol. The van der Waals surface area contributed by atoms with Gasteiger partial charge >= 0.3 is 0 Å². The topological polar surface area (TPSA) is 33.1 Å². The second-order valence-corrected chi connectivity index (χ2v) is 5.24. The SMILES string of the molecule is Oc1c(Cl)c(Cl)c(Cl)c(Cl)c1Cl.c1cscn1. The number of phenolic OH excluding ortho intramolecular Hbond substituents is 1. The molecule has 92 valence electrons. The summed E-state index contributed by atoms with van der Waals surface area (Å²) in [7, 11) is 0. The molecule has 2 nitrogen and oxygen atoms in total. The van der Waals surface area contributed by atoms with Gasteiger partial charge < -0.3 is 5.11 Å². The molecule has 0 aliphatic heterocycles. The van der Waals surface area contributed by atoms with Gasteiger partial charge in [-0.2, -0.15) is 0 Å². The van der Waals surface area contributed by atoms with Crippen LogP contribution >= 0.6 is 69.3 Å². The molecular formula is C9H4Cl5NOS. The van der Waals surface area contributed by atoms with Crippen molar-refractivity contribution in [3.63, 3.8) is 0 Å². The molecule has 2 aromatic rings. The third kappa shape index (κ3) is 3.78. The van der Waals surface area contributed by atoms with Gasteiger partial charge in [-0.25, -0.2) is 0 Å². The Morgan fingerprint density at radius 2 is 1.35 bits per heavy atom. The van der Waals surface area contributed by atoms with Crippen LogP contribution in [0.1, 0.15) is 0 Å². The summed E-state index contributed by atoms with van der Waals surface area (Å²) in [5.41, 5.74) is 1.79. The average molecular weight is 351 g/mol. The van der Waals surface area contributed by atoms with E-state index in [1.54, 1.807) is 23.0 Å². The van der Waals surface area contributed by atoms with Crippen LogP contribution in [0.4, 0.5) is 0 Å². The van der Waals surface area contributed by atoms with Crippen molar-refractivity contribution in [2.75, 3.05) is 0 Å². The molecule has 0 saturated heterocycles. The van der Waals surface area contributed by atoms with Crippen LogP contribution < -0.4 is 0 Å². The monoisotopic (exact) mass is 349 g/mol. The molecule has 0 aliphatic carbocycles. The number of phenols is 1.